The van der Waals surface area contributed by atoms with Gasteiger partial charge in [-0.05, 0) is 52.4 Å². The van der Waals surface area contributed by atoms with E-state index < -0.39 is 0 Å². The van der Waals surface area contributed by atoms with Crippen LogP contribution < -0.4 is 5.32 Å². The summed E-state index contributed by atoms with van der Waals surface area (Å²) in [5.74, 6) is 0.626. The Bertz CT molecular complexity index is 514. The summed E-state index contributed by atoms with van der Waals surface area (Å²) in [6.07, 6.45) is 1.05. The molecule has 0 aliphatic rings. The molecule has 1 aromatic heterocycles. The molecule has 2 nitrogen and oxygen atoms in total. The summed E-state index contributed by atoms with van der Waals surface area (Å²) in [5.41, 5.74) is 3.15. The van der Waals surface area contributed by atoms with E-state index in [0.717, 1.165) is 17.5 Å². The van der Waals surface area contributed by atoms with Crippen molar-refractivity contribution < 1.29 is 4.79 Å². The molecule has 2 rings (SSSR count). The van der Waals surface area contributed by atoms with Crippen LogP contribution in [0.5, 0.6) is 0 Å². The highest BCUT2D eigenvalue weighted by molar-refractivity contribution is 7.07. The van der Waals surface area contributed by atoms with Gasteiger partial charge >= 0.3 is 0 Å². The minimum atomic E-state index is -0.0118. The quantitative estimate of drug-likeness (QED) is 0.880. The van der Waals surface area contributed by atoms with Crippen molar-refractivity contribution >= 4 is 17.2 Å². The first-order valence-electron chi connectivity index (χ1n) is 6.53. The van der Waals surface area contributed by atoms with Crippen LogP contribution in [0.15, 0.2) is 41.1 Å². The molecule has 0 saturated heterocycles. The van der Waals surface area contributed by atoms with Gasteiger partial charge in [-0.2, -0.15) is 11.3 Å². The van der Waals surface area contributed by atoms with Gasteiger partial charge in [0.25, 0.3) is 5.91 Å². The molecule has 1 heterocycles. The van der Waals surface area contributed by atoms with E-state index in [1.807, 2.05) is 41.1 Å². The first-order chi connectivity index (χ1) is 9.15. The molecule has 0 saturated carbocycles. The Morgan fingerprint density at radius 2 is 1.89 bits per heavy atom. The van der Waals surface area contributed by atoms with Gasteiger partial charge in [-0.3, -0.25) is 4.79 Å². The van der Waals surface area contributed by atoms with Crippen LogP contribution in [0.25, 0.3) is 0 Å². The zero-order valence-electron chi connectivity index (χ0n) is 11.3. The molecule has 3 heteroatoms. The van der Waals surface area contributed by atoms with E-state index in [-0.39, 0.29) is 5.91 Å². The molecule has 0 atom stereocenters. The molecule has 100 valence electrons. The smallest absolute Gasteiger partial charge is 0.251 e. The molecule has 0 fully saturated rings. The second kappa shape index (κ2) is 6.53. The second-order valence-electron chi connectivity index (χ2n) is 5.11. The fraction of sp³-hybridized carbons (Fsp3) is 0.312. The summed E-state index contributed by atoms with van der Waals surface area (Å²) in [7, 11) is 0. The van der Waals surface area contributed by atoms with Crippen LogP contribution in [0.4, 0.5) is 0 Å². The molecule has 0 unspecified atom stereocenters. The third-order valence-electron chi connectivity index (χ3n) is 2.89. The van der Waals surface area contributed by atoms with Crippen LogP contribution in [0.2, 0.25) is 0 Å². The average Bonchev–Trinajstić information content (AvgIpc) is 2.89. The number of carbonyl (C=O) groups is 1. The van der Waals surface area contributed by atoms with Crippen molar-refractivity contribution in [2.45, 2.75) is 26.8 Å². The van der Waals surface area contributed by atoms with Gasteiger partial charge in [0, 0.05) is 12.1 Å². The Labute approximate surface area is 118 Å². The summed E-state index contributed by atoms with van der Waals surface area (Å²) >= 11 is 1.64. The number of benzene rings is 1. The fourth-order valence-corrected chi connectivity index (χ4v) is 2.61. The van der Waals surface area contributed by atoms with Crippen molar-refractivity contribution in [3.8, 4) is 0 Å². The van der Waals surface area contributed by atoms with Gasteiger partial charge in [-0.15, -0.1) is 0 Å². The van der Waals surface area contributed by atoms with E-state index in [4.69, 9.17) is 0 Å². The van der Waals surface area contributed by atoms with Crippen LogP contribution in [0.1, 0.15) is 35.3 Å². The second-order valence-corrected chi connectivity index (χ2v) is 5.89. The largest absolute Gasteiger partial charge is 0.348 e. The van der Waals surface area contributed by atoms with Gasteiger partial charge in [0.1, 0.15) is 0 Å². The predicted molar refractivity (Wildman–Crippen MR) is 80.5 cm³/mol. The van der Waals surface area contributed by atoms with Crippen LogP contribution in [0.3, 0.4) is 0 Å². The molecule has 1 amide bonds. The number of thiophene rings is 1. The van der Waals surface area contributed by atoms with E-state index in [1.54, 1.807) is 11.3 Å². The highest BCUT2D eigenvalue weighted by Crippen LogP contribution is 2.10. The minimum Gasteiger partial charge on any atom is -0.348 e. The Morgan fingerprint density at radius 3 is 2.47 bits per heavy atom. The van der Waals surface area contributed by atoms with Crippen LogP contribution in [-0.4, -0.2) is 5.91 Å². The van der Waals surface area contributed by atoms with Gasteiger partial charge in [-0.1, -0.05) is 26.0 Å². The van der Waals surface area contributed by atoms with E-state index in [9.17, 15) is 4.79 Å². The molecular weight excluding hydrogens is 254 g/mol. The van der Waals surface area contributed by atoms with E-state index in [1.165, 1.54) is 5.56 Å². The third kappa shape index (κ3) is 4.21. The average molecular weight is 273 g/mol. The predicted octanol–water partition coefficient (Wildman–Crippen LogP) is 3.88. The van der Waals surface area contributed by atoms with Gasteiger partial charge in [0.15, 0.2) is 0 Å². The van der Waals surface area contributed by atoms with E-state index >= 15 is 0 Å². The highest BCUT2D eigenvalue weighted by Gasteiger charge is 2.05. The van der Waals surface area contributed by atoms with Crippen molar-refractivity contribution in [2.75, 3.05) is 0 Å². The van der Waals surface area contributed by atoms with Crippen molar-refractivity contribution in [2.24, 2.45) is 5.92 Å². The summed E-state index contributed by atoms with van der Waals surface area (Å²) < 4.78 is 0. The lowest BCUT2D eigenvalue weighted by Crippen LogP contribution is -2.22. The first-order valence-corrected chi connectivity index (χ1v) is 7.47. The maximum atomic E-state index is 12.0. The van der Waals surface area contributed by atoms with E-state index in [2.05, 4.69) is 19.2 Å². The Kier molecular flexibility index (Phi) is 4.74. The lowest BCUT2D eigenvalue weighted by Gasteiger charge is -2.07. The van der Waals surface area contributed by atoms with Gasteiger partial charge in [0.05, 0.1) is 0 Å². The maximum Gasteiger partial charge on any atom is 0.251 e. The number of amides is 1. The van der Waals surface area contributed by atoms with Gasteiger partial charge in [-0.25, -0.2) is 0 Å². The fourth-order valence-electron chi connectivity index (χ4n) is 1.94. The van der Waals surface area contributed by atoms with Crippen LogP contribution >= 0.6 is 11.3 Å². The maximum absolute atomic E-state index is 12.0. The summed E-state index contributed by atoms with van der Waals surface area (Å²) in [6, 6.07) is 9.91. The Balaban J connectivity index is 1.92. The molecular formula is C16H19NOS. The monoisotopic (exact) mass is 273 g/mol. The van der Waals surface area contributed by atoms with Crippen molar-refractivity contribution in [3.05, 3.63) is 57.8 Å². The summed E-state index contributed by atoms with van der Waals surface area (Å²) in [4.78, 5) is 12.0. The third-order valence-corrected chi connectivity index (χ3v) is 3.63. The number of hydrogen-bond donors (Lipinski definition) is 1. The minimum absolute atomic E-state index is 0.0118. The molecule has 2 aromatic rings. The van der Waals surface area contributed by atoms with Gasteiger partial charge < -0.3 is 5.32 Å². The van der Waals surface area contributed by atoms with Crippen LogP contribution in [-0.2, 0) is 13.0 Å². The van der Waals surface area contributed by atoms with Crippen molar-refractivity contribution in [1.29, 1.82) is 0 Å². The number of carbonyl (C=O) groups excluding carboxylic acids is 1. The molecule has 0 aliphatic heterocycles. The topological polar surface area (TPSA) is 29.1 Å². The van der Waals surface area contributed by atoms with Gasteiger partial charge in [0.2, 0.25) is 0 Å². The number of nitrogens with one attached hydrogen (secondary N) is 1. The molecule has 19 heavy (non-hydrogen) atoms. The Hall–Kier alpha value is -1.61. The molecule has 0 radical (unpaired) electrons. The zero-order chi connectivity index (χ0) is 13.7. The van der Waals surface area contributed by atoms with Crippen LogP contribution in [0, 0.1) is 5.92 Å². The molecule has 0 aliphatic carbocycles. The summed E-state index contributed by atoms with van der Waals surface area (Å²) in [5, 5.41) is 6.99. The van der Waals surface area contributed by atoms with E-state index in [0.29, 0.717) is 12.5 Å². The summed E-state index contributed by atoms with van der Waals surface area (Å²) in [6.45, 7) is 4.99. The highest BCUT2D eigenvalue weighted by atomic mass is 32.1. The molecule has 0 bridgehead atoms. The first kappa shape index (κ1) is 13.8. The zero-order valence-corrected chi connectivity index (χ0v) is 12.2. The number of rotatable bonds is 5. The Morgan fingerprint density at radius 1 is 1.16 bits per heavy atom. The van der Waals surface area contributed by atoms with Crippen molar-refractivity contribution in [1.82, 2.24) is 5.32 Å². The number of hydrogen-bond acceptors (Lipinski definition) is 2. The molecule has 1 aromatic carbocycles. The standard InChI is InChI=1S/C16H19NOS/c1-12(2)9-13-3-5-15(6-4-13)16(18)17-10-14-7-8-19-11-14/h3-8,11-12H,9-10H2,1-2H3,(H,17,18). The molecule has 0 spiro atoms. The van der Waals surface area contributed by atoms with Crippen molar-refractivity contribution in [3.63, 3.8) is 0 Å². The molecule has 1 N–H and O–H groups in total. The lowest BCUT2D eigenvalue weighted by atomic mass is 10.0. The normalized spacial score (nSPS) is 10.7. The SMILES string of the molecule is CC(C)Cc1ccc(C(=O)NCc2ccsc2)cc1. The lowest BCUT2D eigenvalue weighted by molar-refractivity contribution is 0.0951.